The van der Waals surface area contributed by atoms with Crippen LogP contribution < -0.4 is 4.74 Å². The number of benzene rings is 3. The summed E-state index contributed by atoms with van der Waals surface area (Å²) >= 11 is 0. The molecule has 0 bridgehead atoms. The lowest BCUT2D eigenvalue weighted by molar-refractivity contribution is -0.136. The Morgan fingerprint density at radius 2 is 1.66 bits per heavy atom. The molecule has 162 valence electrons. The molecule has 1 heterocycles. The van der Waals surface area contributed by atoms with Crippen LogP contribution in [0.15, 0.2) is 72.8 Å². The molecule has 4 rings (SSSR count). The van der Waals surface area contributed by atoms with E-state index in [0.29, 0.717) is 29.0 Å². The molecule has 0 saturated carbocycles. The van der Waals surface area contributed by atoms with Gasteiger partial charge in [-0.25, -0.2) is 0 Å². The highest BCUT2D eigenvalue weighted by Gasteiger charge is 2.17. The van der Waals surface area contributed by atoms with E-state index in [9.17, 15) is 9.59 Å². The predicted molar refractivity (Wildman–Crippen MR) is 125 cm³/mol. The van der Waals surface area contributed by atoms with Crippen molar-refractivity contribution in [3.8, 4) is 5.75 Å². The minimum Gasteiger partial charge on any atom is -0.493 e. The molecule has 1 aromatic heterocycles. The first-order chi connectivity index (χ1) is 15.4. The minimum absolute atomic E-state index is 0.0798. The topological polar surface area (TPSA) is 68.5 Å². The zero-order valence-electron chi connectivity index (χ0n) is 18.2. The van der Waals surface area contributed by atoms with Crippen molar-refractivity contribution in [3.63, 3.8) is 0 Å². The molecule has 0 aliphatic rings. The number of hydrogen-bond acceptors (Lipinski definition) is 3. The third kappa shape index (κ3) is 4.57. The Bertz CT molecular complexity index is 1270. The van der Waals surface area contributed by atoms with Gasteiger partial charge in [-0.15, -0.1) is 0 Å². The molecule has 0 aliphatic carbocycles. The Hall–Kier alpha value is -3.86. The van der Waals surface area contributed by atoms with E-state index in [0.717, 1.165) is 17.5 Å². The lowest BCUT2D eigenvalue weighted by Crippen LogP contribution is -2.13. The average molecular weight is 428 g/mol. The van der Waals surface area contributed by atoms with Gasteiger partial charge in [-0.2, -0.15) is 0 Å². The number of nitrogens with zero attached hydrogens (tertiary/aromatic N) is 1. The molecule has 32 heavy (non-hydrogen) atoms. The Balaban J connectivity index is 1.49. The van der Waals surface area contributed by atoms with Gasteiger partial charge in [-0.1, -0.05) is 42.0 Å². The highest BCUT2D eigenvalue weighted by Crippen LogP contribution is 2.25. The van der Waals surface area contributed by atoms with Crippen LogP contribution in [0.2, 0.25) is 0 Å². The zero-order valence-corrected chi connectivity index (χ0v) is 18.2. The van der Waals surface area contributed by atoms with E-state index in [2.05, 4.69) is 31.2 Å². The van der Waals surface area contributed by atoms with Gasteiger partial charge in [0, 0.05) is 23.1 Å². The van der Waals surface area contributed by atoms with E-state index in [1.807, 2.05) is 19.1 Å². The summed E-state index contributed by atoms with van der Waals surface area (Å²) in [6.07, 6.45) is 0.734. The van der Waals surface area contributed by atoms with Crippen molar-refractivity contribution in [1.82, 2.24) is 4.57 Å². The summed E-state index contributed by atoms with van der Waals surface area (Å²) in [6.45, 7) is 4.48. The molecule has 0 radical (unpaired) electrons. The molecule has 0 aliphatic heterocycles. The summed E-state index contributed by atoms with van der Waals surface area (Å²) in [5.41, 5.74) is 5.17. The number of aryl methyl sites for hydroxylation is 2. The predicted octanol–water partition coefficient (Wildman–Crippen LogP) is 5.20. The van der Waals surface area contributed by atoms with Crippen LogP contribution in [0.1, 0.15) is 32.7 Å². The van der Waals surface area contributed by atoms with Crippen LogP contribution in [0.5, 0.6) is 5.75 Å². The summed E-state index contributed by atoms with van der Waals surface area (Å²) in [7, 11) is 0. The van der Waals surface area contributed by atoms with E-state index in [-0.39, 0.29) is 12.3 Å². The number of rotatable bonds is 7. The molecular weight excluding hydrogens is 402 g/mol. The fourth-order valence-corrected chi connectivity index (χ4v) is 3.88. The van der Waals surface area contributed by atoms with Crippen molar-refractivity contribution in [3.05, 3.63) is 101 Å². The number of aliphatic carboxylic acids is 1. The van der Waals surface area contributed by atoms with Crippen molar-refractivity contribution in [2.75, 3.05) is 6.61 Å². The van der Waals surface area contributed by atoms with Crippen molar-refractivity contribution in [2.24, 2.45) is 0 Å². The van der Waals surface area contributed by atoms with Crippen molar-refractivity contribution in [2.45, 2.75) is 26.7 Å². The maximum Gasteiger partial charge on any atom is 0.307 e. The van der Waals surface area contributed by atoms with Crippen molar-refractivity contribution in [1.29, 1.82) is 0 Å². The fraction of sp³-hybridized carbons (Fsp3) is 0.185. The van der Waals surface area contributed by atoms with E-state index in [1.54, 1.807) is 41.0 Å². The van der Waals surface area contributed by atoms with Crippen LogP contribution in [0.4, 0.5) is 0 Å². The summed E-state index contributed by atoms with van der Waals surface area (Å²) in [5.74, 6) is -0.338. The molecule has 1 N–H and O–H groups in total. The van der Waals surface area contributed by atoms with Gasteiger partial charge in [0.05, 0.1) is 18.5 Å². The molecule has 3 aromatic carbocycles. The zero-order chi connectivity index (χ0) is 22.7. The van der Waals surface area contributed by atoms with Gasteiger partial charge in [-0.05, 0) is 61.4 Å². The second-order valence-corrected chi connectivity index (χ2v) is 7.96. The number of carboxylic acid groups (broad SMARTS) is 1. The first-order valence-electron chi connectivity index (χ1n) is 10.6. The van der Waals surface area contributed by atoms with Gasteiger partial charge in [-0.3, -0.25) is 14.2 Å². The fourth-order valence-electron chi connectivity index (χ4n) is 3.88. The first kappa shape index (κ1) is 21.4. The van der Waals surface area contributed by atoms with Gasteiger partial charge in [0.1, 0.15) is 5.75 Å². The van der Waals surface area contributed by atoms with Crippen molar-refractivity contribution >= 4 is 22.8 Å². The van der Waals surface area contributed by atoms with Crippen molar-refractivity contribution < 1.29 is 19.4 Å². The normalized spacial score (nSPS) is 10.9. The summed E-state index contributed by atoms with van der Waals surface area (Å²) in [4.78, 5) is 24.4. The molecule has 0 amide bonds. The van der Waals surface area contributed by atoms with E-state index in [1.165, 1.54) is 11.1 Å². The number of fused-ring (bicyclic) bond motifs is 1. The third-order valence-electron chi connectivity index (χ3n) is 5.55. The van der Waals surface area contributed by atoms with Gasteiger partial charge in [0.25, 0.3) is 5.91 Å². The molecule has 0 unspecified atom stereocenters. The maximum atomic E-state index is 13.2. The van der Waals surface area contributed by atoms with E-state index >= 15 is 0 Å². The number of carboxylic acids is 1. The molecular formula is C27H25NO4. The standard InChI is InChI=1S/C27H25NO4/c1-18-6-8-20(9-7-18)14-15-32-23-12-10-21(11-13-23)27(31)28-19(2)16-24-22(17-26(29)30)4-3-5-25(24)28/h3-13,16H,14-15,17H2,1-2H3,(H,29,30). The minimum atomic E-state index is -0.896. The van der Waals surface area contributed by atoms with Crippen LogP contribution in [0, 0.1) is 13.8 Å². The summed E-state index contributed by atoms with van der Waals surface area (Å²) < 4.78 is 7.47. The molecule has 0 saturated heterocycles. The quantitative estimate of drug-likeness (QED) is 0.440. The van der Waals surface area contributed by atoms with Gasteiger partial charge < -0.3 is 9.84 Å². The number of carbonyl (C=O) groups is 2. The van der Waals surface area contributed by atoms with E-state index < -0.39 is 5.97 Å². The van der Waals surface area contributed by atoms with Crippen LogP contribution in [-0.2, 0) is 17.6 Å². The summed E-state index contributed by atoms with van der Waals surface area (Å²) in [5, 5.41) is 9.96. The second kappa shape index (κ2) is 9.10. The molecule has 0 atom stereocenters. The second-order valence-electron chi connectivity index (χ2n) is 7.96. The number of hydrogen-bond donors (Lipinski definition) is 1. The highest BCUT2D eigenvalue weighted by atomic mass is 16.5. The lowest BCUT2D eigenvalue weighted by Gasteiger charge is -2.10. The Morgan fingerprint density at radius 3 is 2.34 bits per heavy atom. The molecule has 0 fully saturated rings. The Kier molecular flexibility index (Phi) is 6.08. The largest absolute Gasteiger partial charge is 0.493 e. The van der Waals surface area contributed by atoms with Crippen LogP contribution in [0.25, 0.3) is 10.9 Å². The number of ether oxygens (including phenoxy) is 1. The van der Waals surface area contributed by atoms with Gasteiger partial charge >= 0.3 is 5.97 Å². The number of carbonyl (C=O) groups excluding carboxylic acids is 1. The maximum absolute atomic E-state index is 13.2. The molecule has 5 nitrogen and oxygen atoms in total. The van der Waals surface area contributed by atoms with Crippen LogP contribution >= 0.6 is 0 Å². The molecule has 4 aromatic rings. The monoisotopic (exact) mass is 427 g/mol. The molecule has 5 heteroatoms. The van der Waals surface area contributed by atoms with Gasteiger partial charge in [0.2, 0.25) is 0 Å². The summed E-state index contributed by atoms with van der Waals surface area (Å²) in [6, 6.07) is 22.8. The first-order valence-corrected chi connectivity index (χ1v) is 10.6. The smallest absolute Gasteiger partial charge is 0.307 e. The highest BCUT2D eigenvalue weighted by molar-refractivity contribution is 6.04. The Labute approximate surface area is 186 Å². The van der Waals surface area contributed by atoms with Gasteiger partial charge in [0.15, 0.2) is 0 Å². The van der Waals surface area contributed by atoms with E-state index in [4.69, 9.17) is 9.84 Å². The van der Waals surface area contributed by atoms with Crippen LogP contribution in [0.3, 0.4) is 0 Å². The average Bonchev–Trinajstić information content (AvgIpc) is 3.11. The SMILES string of the molecule is Cc1ccc(CCOc2ccc(C(=O)n3c(C)cc4c(CC(=O)O)cccc43)cc2)cc1. The number of aromatic nitrogens is 1. The molecule has 0 spiro atoms. The van der Waals surface area contributed by atoms with Crippen LogP contribution in [-0.4, -0.2) is 28.2 Å². The lowest BCUT2D eigenvalue weighted by atomic mass is 10.1. The Morgan fingerprint density at radius 1 is 0.938 bits per heavy atom. The third-order valence-corrected chi connectivity index (χ3v) is 5.55.